The van der Waals surface area contributed by atoms with Crippen molar-refractivity contribution in [1.29, 1.82) is 0 Å². The molecule has 1 aliphatic carbocycles. The highest BCUT2D eigenvalue weighted by Gasteiger charge is 2.21. The molecular weight excluding hydrogens is 286 g/mol. The van der Waals surface area contributed by atoms with Crippen LogP contribution >= 0.6 is 11.3 Å². The number of carbonyl (C=O) groups excluding carboxylic acids is 1. The Morgan fingerprint density at radius 3 is 3.19 bits per heavy atom. The van der Waals surface area contributed by atoms with Gasteiger partial charge >= 0.3 is 0 Å². The lowest BCUT2D eigenvalue weighted by Crippen LogP contribution is -2.33. The summed E-state index contributed by atoms with van der Waals surface area (Å²) in [4.78, 5) is 13.2. The molecule has 21 heavy (non-hydrogen) atoms. The van der Waals surface area contributed by atoms with Crippen molar-refractivity contribution < 1.29 is 9.90 Å². The molecule has 6 heteroatoms. The van der Waals surface area contributed by atoms with Gasteiger partial charge in [-0.25, -0.2) is 0 Å². The molecular formula is C15H19N3O2S. The fourth-order valence-electron chi connectivity index (χ4n) is 2.77. The number of thiophene rings is 1. The second-order valence-electron chi connectivity index (χ2n) is 5.54. The van der Waals surface area contributed by atoms with Gasteiger partial charge in [0.15, 0.2) is 5.69 Å². The minimum atomic E-state index is -0.212. The summed E-state index contributed by atoms with van der Waals surface area (Å²) in [5, 5.41) is 21.5. The van der Waals surface area contributed by atoms with E-state index in [0.717, 1.165) is 36.3 Å². The summed E-state index contributed by atoms with van der Waals surface area (Å²) >= 11 is 1.61. The van der Waals surface area contributed by atoms with E-state index < -0.39 is 0 Å². The third-order valence-electron chi connectivity index (χ3n) is 3.90. The molecule has 0 aromatic carbocycles. The molecule has 2 atom stereocenters. The Hall–Kier alpha value is -1.66. The van der Waals surface area contributed by atoms with E-state index in [-0.39, 0.29) is 12.0 Å². The smallest absolute Gasteiger partial charge is 0.271 e. The molecule has 2 aromatic rings. The average Bonchev–Trinajstić information content (AvgIpc) is 3.15. The second kappa shape index (κ2) is 6.41. The number of rotatable bonds is 4. The molecule has 2 aromatic heterocycles. The van der Waals surface area contributed by atoms with E-state index in [0.29, 0.717) is 18.2 Å². The minimum absolute atomic E-state index is 0.158. The molecule has 1 saturated carbocycles. The van der Waals surface area contributed by atoms with Gasteiger partial charge in [-0.1, -0.05) is 12.5 Å². The van der Waals surface area contributed by atoms with Crippen molar-refractivity contribution in [3.63, 3.8) is 0 Å². The van der Waals surface area contributed by atoms with Crippen molar-refractivity contribution in [3.05, 3.63) is 29.3 Å². The predicted octanol–water partition coefficient (Wildman–Crippen LogP) is 2.42. The number of hydrogen-bond acceptors (Lipinski definition) is 4. The zero-order valence-electron chi connectivity index (χ0n) is 11.7. The summed E-state index contributed by atoms with van der Waals surface area (Å²) < 4.78 is 0. The van der Waals surface area contributed by atoms with Crippen molar-refractivity contribution in [2.75, 3.05) is 6.54 Å². The average molecular weight is 305 g/mol. The zero-order valence-corrected chi connectivity index (χ0v) is 12.5. The zero-order chi connectivity index (χ0) is 14.7. The van der Waals surface area contributed by atoms with Gasteiger partial charge in [0.2, 0.25) is 0 Å². The lowest BCUT2D eigenvalue weighted by atomic mass is 9.87. The normalized spacial score (nSPS) is 22.1. The van der Waals surface area contributed by atoms with E-state index in [2.05, 4.69) is 15.5 Å². The number of aliphatic hydroxyl groups excluding tert-OH is 1. The van der Waals surface area contributed by atoms with Crippen LogP contribution in [0, 0.1) is 5.92 Å². The number of aliphatic hydroxyl groups is 1. The lowest BCUT2D eigenvalue weighted by Gasteiger charge is -2.25. The molecule has 0 radical (unpaired) electrons. The molecule has 0 saturated heterocycles. The Balaban J connectivity index is 1.56. The molecule has 112 valence electrons. The summed E-state index contributed by atoms with van der Waals surface area (Å²) in [7, 11) is 0. The van der Waals surface area contributed by atoms with Crippen molar-refractivity contribution in [1.82, 2.24) is 15.5 Å². The van der Waals surface area contributed by atoms with Crippen LogP contribution in [-0.4, -0.2) is 33.9 Å². The molecule has 1 fully saturated rings. The van der Waals surface area contributed by atoms with Crippen LogP contribution in [0.15, 0.2) is 23.6 Å². The van der Waals surface area contributed by atoms with Crippen molar-refractivity contribution >= 4 is 17.2 Å². The molecule has 1 aliphatic rings. The number of hydrogen-bond donors (Lipinski definition) is 3. The molecule has 3 rings (SSSR count). The molecule has 3 N–H and O–H groups in total. The second-order valence-corrected chi connectivity index (χ2v) is 6.49. The van der Waals surface area contributed by atoms with Crippen LogP contribution in [0.5, 0.6) is 0 Å². The first-order valence-electron chi connectivity index (χ1n) is 7.28. The fraction of sp³-hybridized carbons (Fsp3) is 0.467. The summed E-state index contributed by atoms with van der Waals surface area (Å²) in [5.74, 6) is 0.211. The highest BCUT2D eigenvalue weighted by molar-refractivity contribution is 7.13. The number of carbonyl (C=O) groups is 1. The third kappa shape index (κ3) is 3.51. The van der Waals surface area contributed by atoms with Gasteiger partial charge in [-0.05, 0) is 42.7 Å². The van der Waals surface area contributed by atoms with Crippen LogP contribution in [0.25, 0.3) is 10.6 Å². The van der Waals surface area contributed by atoms with E-state index >= 15 is 0 Å². The molecule has 5 nitrogen and oxygen atoms in total. The summed E-state index contributed by atoms with van der Waals surface area (Å²) in [6, 6.07) is 5.73. The first-order valence-corrected chi connectivity index (χ1v) is 8.16. The Bertz CT molecular complexity index is 594. The number of nitrogens with one attached hydrogen (secondary N) is 2. The first kappa shape index (κ1) is 14.3. The summed E-state index contributed by atoms with van der Waals surface area (Å²) in [5.41, 5.74) is 1.28. The van der Waals surface area contributed by atoms with E-state index in [1.165, 1.54) is 0 Å². The minimum Gasteiger partial charge on any atom is -0.393 e. The van der Waals surface area contributed by atoms with Gasteiger partial charge in [-0.2, -0.15) is 5.10 Å². The van der Waals surface area contributed by atoms with Crippen molar-refractivity contribution in [2.24, 2.45) is 5.92 Å². The Labute approximate surface area is 127 Å². The Kier molecular flexibility index (Phi) is 4.36. The Morgan fingerprint density at radius 2 is 2.43 bits per heavy atom. The van der Waals surface area contributed by atoms with Crippen LogP contribution in [0.4, 0.5) is 0 Å². The molecule has 0 bridgehead atoms. The highest BCUT2D eigenvalue weighted by atomic mass is 32.1. The summed E-state index contributed by atoms with van der Waals surface area (Å²) in [6.07, 6.45) is 3.55. The van der Waals surface area contributed by atoms with Crippen LogP contribution in [0.3, 0.4) is 0 Å². The van der Waals surface area contributed by atoms with Gasteiger partial charge < -0.3 is 10.4 Å². The number of nitrogens with zero attached hydrogens (tertiary/aromatic N) is 1. The standard InChI is InChI=1S/C15H19N3O2S/c19-11-4-1-3-10(7-11)9-16-15(20)13-8-12(17-18-13)14-5-2-6-21-14/h2,5-6,8,10-11,19H,1,3-4,7,9H2,(H,16,20)(H,17,18). The van der Waals surface area contributed by atoms with Crippen LogP contribution in [0.2, 0.25) is 0 Å². The Morgan fingerprint density at radius 1 is 1.52 bits per heavy atom. The number of aromatic amines is 1. The molecule has 2 unspecified atom stereocenters. The van der Waals surface area contributed by atoms with Crippen LogP contribution in [0.1, 0.15) is 36.2 Å². The third-order valence-corrected chi connectivity index (χ3v) is 4.81. The number of aromatic nitrogens is 2. The van der Waals surface area contributed by atoms with Crippen LogP contribution in [-0.2, 0) is 0 Å². The SMILES string of the molecule is O=C(NCC1CCCC(O)C1)c1cc(-c2cccs2)[nH]n1. The maximum Gasteiger partial charge on any atom is 0.271 e. The maximum absolute atomic E-state index is 12.1. The van der Waals surface area contributed by atoms with E-state index in [4.69, 9.17) is 0 Å². The van der Waals surface area contributed by atoms with E-state index in [9.17, 15) is 9.90 Å². The van der Waals surface area contributed by atoms with Gasteiger partial charge in [-0.3, -0.25) is 9.89 Å². The molecule has 2 heterocycles. The van der Waals surface area contributed by atoms with Gasteiger partial charge in [0.1, 0.15) is 0 Å². The quantitative estimate of drug-likeness (QED) is 0.812. The fourth-order valence-corrected chi connectivity index (χ4v) is 3.46. The van der Waals surface area contributed by atoms with E-state index in [1.54, 1.807) is 17.4 Å². The monoisotopic (exact) mass is 305 g/mol. The van der Waals surface area contributed by atoms with E-state index in [1.807, 2.05) is 17.5 Å². The van der Waals surface area contributed by atoms with Crippen molar-refractivity contribution in [3.8, 4) is 10.6 Å². The molecule has 0 aliphatic heterocycles. The van der Waals surface area contributed by atoms with Gasteiger partial charge in [-0.15, -0.1) is 11.3 Å². The topological polar surface area (TPSA) is 78.0 Å². The van der Waals surface area contributed by atoms with Crippen LogP contribution < -0.4 is 5.32 Å². The molecule has 0 spiro atoms. The maximum atomic E-state index is 12.1. The first-order chi connectivity index (χ1) is 10.2. The number of H-pyrrole nitrogens is 1. The van der Waals surface area contributed by atoms with Gasteiger partial charge in [0.25, 0.3) is 5.91 Å². The molecule has 1 amide bonds. The van der Waals surface area contributed by atoms with Crippen molar-refractivity contribution in [2.45, 2.75) is 31.8 Å². The predicted molar refractivity (Wildman–Crippen MR) is 82.2 cm³/mol. The lowest BCUT2D eigenvalue weighted by molar-refractivity contribution is 0.0870. The number of amides is 1. The van der Waals surface area contributed by atoms with Gasteiger partial charge in [0, 0.05) is 6.54 Å². The largest absolute Gasteiger partial charge is 0.393 e. The van der Waals surface area contributed by atoms with Gasteiger partial charge in [0.05, 0.1) is 16.7 Å². The summed E-state index contributed by atoms with van der Waals surface area (Å²) in [6.45, 7) is 0.608. The highest BCUT2D eigenvalue weighted by Crippen LogP contribution is 2.24.